The van der Waals surface area contributed by atoms with Gasteiger partial charge in [0.05, 0.1) is 0 Å². The van der Waals surface area contributed by atoms with Gasteiger partial charge in [-0.25, -0.2) is 0 Å². The third kappa shape index (κ3) is 4.03. The van der Waals surface area contributed by atoms with Gasteiger partial charge in [0.1, 0.15) is 0 Å². The van der Waals surface area contributed by atoms with Gasteiger partial charge in [0.2, 0.25) is 0 Å². The molecule has 0 unspecified atom stereocenters. The molecular weight excluding hydrogens is 222 g/mol. The SMILES string of the molecule is CN1CCN(CCCN)C(=O)C1=O.Cl.O. The highest BCUT2D eigenvalue weighted by atomic mass is 35.5. The lowest BCUT2D eigenvalue weighted by molar-refractivity contribution is -0.154. The molecule has 4 N–H and O–H groups in total. The first-order valence-electron chi connectivity index (χ1n) is 4.41. The number of amides is 2. The monoisotopic (exact) mass is 239 g/mol. The molecule has 2 amide bonds. The van der Waals surface area contributed by atoms with Crippen molar-refractivity contribution in [3.63, 3.8) is 0 Å². The molecule has 90 valence electrons. The van der Waals surface area contributed by atoms with E-state index in [-0.39, 0.29) is 17.9 Å². The van der Waals surface area contributed by atoms with E-state index >= 15 is 0 Å². The van der Waals surface area contributed by atoms with Gasteiger partial charge in [0.25, 0.3) is 0 Å². The summed E-state index contributed by atoms with van der Waals surface area (Å²) in [7, 11) is 1.64. The van der Waals surface area contributed by atoms with Gasteiger partial charge in [-0.15, -0.1) is 12.4 Å². The Balaban J connectivity index is 0. The molecule has 1 saturated heterocycles. The molecule has 0 radical (unpaired) electrons. The van der Waals surface area contributed by atoms with E-state index < -0.39 is 11.8 Å². The van der Waals surface area contributed by atoms with Crippen molar-refractivity contribution in [3.8, 4) is 0 Å². The van der Waals surface area contributed by atoms with Crippen molar-refractivity contribution in [2.45, 2.75) is 6.42 Å². The van der Waals surface area contributed by atoms with Crippen LogP contribution in [0.15, 0.2) is 0 Å². The maximum Gasteiger partial charge on any atom is 0.312 e. The minimum absolute atomic E-state index is 0. The highest BCUT2D eigenvalue weighted by Gasteiger charge is 2.29. The molecule has 1 aliphatic heterocycles. The van der Waals surface area contributed by atoms with Crippen molar-refractivity contribution < 1.29 is 15.1 Å². The number of rotatable bonds is 3. The number of hydrogen-bond donors (Lipinski definition) is 1. The highest BCUT2D eigenvalue weighted by molar-refractivity contribution is 6.35. The van der Waals surface area contributed by atoms with Gasteiger partial charge >= 0.3 is 11.8 Å². The summed E-state index contributed by atoms with van der Waals surface area (Å²) in [5.41, 5.74) is 5.32. The molecule has 0 aromatic heterocycles. The predicted molar refractivity (Wildman–Crippen MR) is 58.8 cm³/mol. The van der Waals surface area contributed by atoms with Gasteiger partial charge in [0.15, 0.2) is 0 Å². The first kappa shape index (κ1) is 16.6. The van der Waals surface area contributed by atoms with Crippen LogP contribution < -0.4 is 5.73 Å². The molecule has 1 aliphatic rings. The van der Waals surface area contributed by atoms with Crippen LogP contribution in [0.4, 0.5) is 0 Å². The van der Waals surface area contributed by atoms with Gasteiger partial charge in [-0.2, -0.15) is 0 Å². The Morgan fingerprint density at radius 1 is 1.27 bits per heavy atom. The molecule has 7 heteroatoms. The summed E-state index contributed by atoms with van der Waals surface area (Å²) in [6.45, 7) is 2.39. The van der Waals surface area contributed by atoms with Crippen LogP contribution in [0, 0.1) is 0 Å². The number of carbonyl (C=O) groups is 2. The highest BCUT2D eigenvalue weighted by Crippen LogP contribution is 2.02. The third-order valence-corrected chi connectivity index (χ3v) is 2.15. The number of halogens is 1. The summed E-state index contributed by atoms with van der Waals surface area (Å²) in [6.07, 6.45) is 0.753. The fourth-order valence-corrected chi connectivity index (χ4v) is 1.27. The van der Waals surface area contributed by atoms with Crippen LogP contribution in [0.5, 0.6) is 0 Å². The van der Waals surface area contributed by atoms with Crippen molar-refractivity contribution >= 4 is 24.2 Å². The zero-order valence-electron chi connectivity index (χ0n) is 8.73. The van der Waals surface area contributed by atoms with Gasteiger partial charge in [0, 0.05) is 26.7 Å². The van der Waals surface area contributed by atoms with Crippen LogP contribution in [0.1, 0.15) is 6.42 Å². The molecule has 6 nitrogen and oxygen atoms in total. The molecule has 0 aliphatic carbocycles. The van der Waals surface area contributed by atoms with E-state index in [2.05, 4.69) is 0 Å². The van der Waals surface area contributed by atoms with Gasteiger partial charge in [-0.1, -0.05) is 0 Å². The Kier molecular flexibility index (Phi) is 8.22. The van der Waals surface area contributed by atoms with Crippen molar-refractivity contribution in [2.75, 3.05) is 33.2 Å². The lowest BCUT2D eigenvalue weighted by Crippen LogP contribution is -2.53. The number of carbonyl (C=O) groups excluding carboxylic acids is 2. The van der Waals surface area contributed by atoms with Crippen LogP contribution in [-0.2, 0) is 9.59 Å². The third-order valence-electron chi connectivity index (χ3n) is 2.15. The molecule has 0 bridgehead atoms. The molecule has 0 atom stereocenters. The molecule has 1 rings (SSSR count). The molecule has 0 saturated carbocycles. The fourth-order valence-electron chi connectivity index (χ4n) is 1.27. The Labute approximate surface area is 95.1 Å². The smallest absolute Gasteiger partial charge is 0.312 e. The summed E-state index contributed by atoms with van der Waals surface area (Å²) >= 11 is 0. The van der Waals surface area contributed by atoms with E-state index in [0.29, 0.717) is 26.2 Å². The van der Waals surface area contributed by atoms with E-state index in [1.807, 2.05) is 0 Å². The maximum absolute atomic E-state index is 11.3. The van der Waals surface area contributed by atoms with E-state index in [0.717, 1.165) is 6.42 Å². The second kappa shape index (κ2) is 7.44. The van der Waals surface area contributed by atoms with Gasteiger partial charge in [-0.05, 0) is 13.0 Å². The van der Waals surface area contributed by atoms with E-state index in [1.54, 1.807) is 11.9 Å². The lowest BCUT2D eigenvalue weighted by atomic mass is 10.3. The van der Waals surface area contributed by atoms with E-state index in [9.17, 15) is 9.59 Å². The molecule has 1 heterocycles. The lowest BCUT2D eigenvalue weighted by Gasteiger charge is -2.31. The van der Waals surface area contributed by atoms with Crippen LogP contribution >= 0.6 is 12.4 Å². The van der Waals surface area contributed by atoms with Crippen LogP contribution in [0.25, 0.3) is 0 Å². The average molecular weight is 240 g/mol. The number of hydrogen-bond acceptors (Lipinski definition) is 3. The van der Waals surface area contributed by atoms with Crippen LogP contribution in [-0.4, -0.2) is 60.3 Å². The topological polar surface area (TPSA) is 98.1 Å². The average Bonchev–Trinajstić information content (AvgIpc) is 2.13. The Morgan fingerprint density at radius 3 is 2.40 bits per heavy atom. The minimum atomic E-state index is -0.414. The Bertz CT molecular complexity index is 223. The largest absolute Gasteiger partial charge is 0.412 e. The summed E-state index contributed by atoms with van der Waals surface area (Å²) in [4.78, 5) is 25.5. The zero-order valence-corrected chi connectivity index (χ0v) is 9.55. The Morgan fingerprint density at radius 2 is 1.87 bits per heavy atom. The zero-order chi connectivity index (χ0) is 9.84. The standard InChI is InChI=1S/C8H15N3O2.ClH.H2O/c1-10-5-6-11(4-2-3-9)8(13)7(10)12;;/h2-6,9H2,1H3;1H;1H2. The van der Waals surface area contributed by atoms with E-state index in [1.165, 1.54) is 4.90 Å². The minimum Gasteiger partial charge on any atom is -0.412 e. The molecular formula is C8H18ClN3O3. The molecule has 0 spiro atoms. The number of likely N-dealkylation sites (N-methyl/N-ethyl adjacent to an activating group) is 1. The van der Waals surface area contributed by atoms with Crippen molar-refractivity contribution in [1.82, 2.24) is 9.80 Å². The summed E-state index contributed by atoms with van der Waals surface area (Å²) < 4.78 is 0. The normalized spacial score (nSPS) is 15.9. The second-order valence-corrected chi connectivity index (χ2v) is 3.16. The Hall–Kier alpha value is -0.850. The maximum atomic E-state index is 11.3. The summed E-state index contributed by atoms with van der Waals surface area (Å²) in [5, 5.41) is 0. The van der Waals surface area contributed by atoms with Crippen LogP contribution in [0.2, 0.25) is 0 Å². The first-order chi connectivity index (χ1) is 6.16. The predicted octanol–water partition coefficient (Wildman–Crippen LogP) is -1.77. The van der Waals surface area contributed by atoms with Crippen molar-refractivity contribution in [2.24, 2.45) is 5.73 Å². The summed E-state index contributed by atoms with van der Waals surface area (Å²) in [5.74, 6) is -0.814. The molecule has 1 fully saturated rings. The van der Waals surface area contributed by atoms with Crippen LogP contribution in [0.3, 0.4) is 0 Å². The fraction of sp³-hybridized carbons (Fsp3) is 0.750. The number of piperazine rings is 1. The molecule has 15 heavy (non-hydrogen) atoms. The van der Waals surface area contributed by atoms with E-state index in [4.69, 9.17) is 5.73 Å². The van der Waals surface area contributed by atoms with Gasteiger partial charge in [-0.3, -0.25) is 9.59 Å². The molecule has 0 aromatic carbocycles. The quantitative estimate of drug-likeness (QED) is 0.591. The van der Waals surface area contributed by atoms with Crippen molar-refractivity contribution in [3.05, 3.63) is 0 Å². The number of nitrogens with two attached hydrogens (primary N) is 1. The molecule has 0 aromatic rings. The van der Waals surface area contributed by atoms with Gasteiger partial charge < -0.3 is 21.0 Å². The van der Waals surface area contributed by atoms with Crippen molar-refractivity contribution in [1.29, 1.82) is 0 Å². The summed E-state index contributed by atoms with van der Waals surface area (Å²) in [6, 6.07) is 0. The second-order valence-electron chi connectivity index (χ2n) is 3.16. The first-order valence-corrected chi connectivity index (χ1v) is 4.41. The number of nitrogens with zero attached hydrogens (tertiary/aromatic N) is 2.